The number of hydrogen-bond acceptors (Lipinski definition) is 3. The average molecular weight is 250 g/mol. The molecule has 0 fully saturated rings. The van der Waals surface area contributed by atoms with Gasteiger partial charge in [0.2, 0.25) is 0 Å². The highest BCUT2D eigenvalue weighted by atomic mass is 32.2. The summed E-state index contributed by atoms with van der Waals surface area (Å²) in [5.74, 6) is 1.26. The van der Waals surface area contributed by atoms with E-state index in [0.29, 0.717) is 5.92 Å². The summed E-state index contributed by atoms with van der Waals surface area (Å²) in [5.41, 5.74) is -0.880. The van der Waals surface area contributed by atoms with E-state index in [1.807, 2.05) is 0 Å². The second-order valence-corrected chi connectivity index (χ2v) is 4.82. The van der Waals surface area contributed by atoms with Crippen molar-refractivity contribution in [3.8, 4) is 0 Å². The number of hydrogen-bond donors (Lipinski definition) is 0. The van der Waals surface area contributed by atoms with E-state index in [1.165, 1.54) is 11.8 Å². The van der Waals surface area contributed by atoms with Crippen LogP contribution in [0, 0.1) is 5.92 Å². The average Bonchev–Trinajstić information content (AvgIpc) is 2.16. The molecular weight excluding hydrogens is 237 g/mol. The number of rotatable bonds is 4. The molecule has 2 nitrogen and oxygen atoms in total. The standard InChI is InChI=1S/C10H13F3N2S/c1-7(2)4-6-16-9-14-5-3-8(15-9)10(11,12)13/h3,5,7H,4,6H2,1-2H3. The predicted octanol–water partition coefficient (Wildman–Crippen LogP) is 3.63. The van der Waals surface area contributed by atoms with Gasteiger partial charge in [-0.2, -0.15) is 13.2 Å². The van der Waals surface area contributed by atoms with Crippen molar-refractivity contribution in [1.29, 1.82) is 0 Å². The molecule has 0 N–H and O–H groups in total. The lowest BCUT2D eigenvalue weighted by atomic mass is 10.2. The summed E-state index contributed by atoms with van der Waals surface area (Å²) in [6.45, 7) is 4.13. The van der Waals surface area contributed by atoms with Crippen LogP contribution in [0.5, 0.6) is 0 Å². The maximum absolute atomic E-state index is 12.3. The summed E-state index contributed by atoms with van der Waals surface area (Å²) >= 11 is 1.26. The molecule has 0 aliphatic rings. The van der Waals surface area contributed by atoms with E-state index in [4.69, 9.17) is 0 Å². The van der Waals surface area contributed by atoms with E-state index >= 15 is 0 Å². The lowest BCUT2D eigenvalue weighted by molar-refractivity contribution is -0.141. The molecule has 6 heteroatoms. The van der Waals surface area contributed by atoms with Crippen molar-refractivity contribution in [1.82, 2.24) is 9.97 Å². The molecule has 0 spiro atoms. The smallest absolute Gasteiger partial charge is 0.231 e. The Kier molecular flexibility index (Phi) is 4.58. The van der Waals surface area contributed by atoms with Crippen molar-refractivity contribution in [3.05, 3.63) is 18.0 Å². The maximum atomic E-state index is 12.3. The Bertz CT molecular complexity index is 339. The highest BCUT2D eigenvalue weighted by molar-refractivity contribution is 7.99. The topological polar surface area (TPSA) is 25.8 Å². The second kappa shape index (κ2) is 5.52. The molecule has 0 saturated carbocycles. The van der Waals surface area contributed by atoms with E-state index in [-0.39, 0.29) is 5.16 Å². The third-order valence-corrected chi connectivity index (χ3v) is 2.74. The lowest BCUT2D eigenvalue weighted by Gasteiger charge is -2.07. The van der Waals surface area contributed by atoms with Gasteiger partial charge >= 0.3 is 6.18 Å². The Morgan fingerprint density at radius 2 is 2.06 bits per heavy atom. The molecule has 0 amide bonds. The molecule has 0 aliphatic carbocycles. The third-order valence-electron chi connectivity index (χ3n) is 1.85. The van der Waals surface area contributed by atoms with Gasteiger partial charge in [0.05, 0.1) is 0 Å². The lowest BCUT2D eigenvalue weighted by Crippen LogP contribution is -2.08. The largest absolute Gasteiger partial charge is 0.433 e. The van der Waals surface area contributed by atoms with Crippen molar-refractivity contribution >= 4 is 11.8 Å². The molecule has 1 rings (SSSR count). The number of alkyl halides is 3. The first kappa shape index (κ1) is 13.3. The molecule has 0 aliphatic heterocycles. The molecule has 0 radical (unpaired) electrons. The minimum atomic E-state index is -4.39. The zero-order valence-electron chi connectivity index (χ0n) is 9.08. The van der Waals surface area contributed by atoms with Crippen LogP contribution in [0.4, 0.5) is 13.2 Å². The number of aromatic nitrogens is 2. The minimum Gasteiger partial charge on any atom is -0.231 e. The van der Waals surface area contributed by atoms with E-state index < -0.39 is 11.9 Å². The Labute approximate surface area is 96.7 Å². The molecule has 1 aromatic heterocycles. The van der Waals surface area contributed by atoms with E-state index in [0.717, 1.165) is 24.4 Å². The van der Waals surface area contributed by atoms with Crippen molar-refractivity contribution in [2.45, 2.75) is 31.6 Å². The summed E-state index contributed by atoms with van der Waals surface area (Å²) in [4.78, 5) is 7.27. The number of halogens is 3. The van der Waals surface area contributed by atoms with Crippen LogP contribution in [-0.4, -0.2) is 15.7 Å². The molecule has 16 heavy (non-hydrogen) atoms. The number of thioether (sulfide) groups is 1. The van der Waals surface area contributed by atoms with Gasteiger partial charge in [0, 0.05) is 11.9 Å². The Balaban J connectivity index is 2.61. The summed E-state index contributed by atoms with van der Waals surface area (Å²) in [6, 6.07) is 0.881. The maximum Gasteiger partial charge on any atom is 0.433 e. The van der Waals surface area contributed by atoms with Gasteiger partial charge < -0.3 is 0 Å². The molecule has 0 unspecified atom stereocenters. The Hall–Kier alpha value is -0.780. The van der Waals surface area contributed by atoms with Gasteiger partial charge in [0.15, 0.2) is 5.16 Å². The van der Waals surface area contributed by atoms with Gasteiger partial charge in [-0.1, -0.05) is 25.6 Å². The van der Waals surface area contributed by atoms with E-state index in [9.17, 15) is 13.2 Å². The van der Waals surface area contributed by atoms with Crippen LogP contribution in [-0.2, 0) is 6.18 Å². The van der Waals surface area contributed by atoms with Gasteiger partial charge in [-0.15, -0.1) is 0 Å². The summed E-state index contributed by atoms with van der Waals surface area (Å²) in [6.07, 6.45) is -2.31. The monoisotopic (exact) mass is 250 g/mol. The van der Waals surface area contributed by atoms with Crippen molar-refractivity contribution in [2.75, 3.05) is 5.75 Å². The first-order chi connectivity index (χ1) is 7.39. The van der Waals surface area contributed by atoms with Crippen LogP contribution in [0.3, 0.4) is 0 Å². The second-order valence-electron chi connectivity index (χ2n) is 3.75. The molecule has 90 valence electrons. The van der Waals surface area contributed by atoms with Crippen LogP contribution in [0.1, 0.15) is 26.0 Å². The summed E-state index contributed by atoms with van der Waals surface area (Å²) < 4.78 is 37.0. The van der Waals surface area contributed by atoms with Crippen LogP contribution in [0.15, 0.2) is 17.4 Å². The highest BCUT2D eigenvalue weighted by Gasteiger charge is 2.32. The summed E-state index contributed by atoms with van der Waals surface area (Å²) in [7, 11) is 0. The van der Waals surface area contributed by atoms with Crippen LogP contribution < -0.4 is 0 Å². The van der Waals surface area contributed by atoms with Crippen LogP contribution in [0.25, 0.3) is 0 Å². The molecule has 0 saturated heterocycles. The first-order valence-electron chi connectivity index (χ1n) is 4.92. The Morgan fingerprint density at radius 3 is 2.62 bits per heavy atom. The van der Waals surface area contributed by atoms with Crippen molar-refractivity contribution in [2.24, 2.45) is 5.92 Å². The highest BCUT2D eigenvalue weighted by Crippen LogP contribution is 2.28. The zero-order chi connectivity index (χ0) is 12.2. The molecule has 1 aromatic rings. The number of nitrogens with zero attached hydrogens (tertiary/aromatic N) is 2. The SMILES string of the molecule is CC(C)CCSc1nccc(C(F)(F)F)n1. The molecule has 0 aromatic carbocycles. The quantitative estimate of drug-likeness (QED) is 0.602. The fraction of sp³-hybridized carbons (Fsp3) is 0.600. The minimum absolute atomic E-state index is 0.190. The predicted molar refractivity (Wildman–Crippen MR) is 57.2 cm³/mol. The molecular formula is C10H13F3N2S. The normalized spacial score (nSPS) is 12.1. The molecule has 0 bridgehead atoms. The summed E-state index contributed by atoms with van der Waals surface area (Å²) in [5, 5.41) is 0.190. The van der Waals surface area contributed by atoms with E-state index in [1.54, 1.807) is 0 Å². The third kappa shape index (κ3) is 4.38. The molecule has 1 heterocycles. The van der Waals surface area contributed by atoms with Crippen LogP contribution >= 0.6 is 11.8 Å². The van der Waals surface area contributed by atoms with Gasteiger partial charge in [-0.3, -0.25) is 0 Å². The van der Waals surface area contributed by atoms with E-state index in [2.05, 4.69) is 23.8 Å². The van der Waals surface area contributed by atoms with Crippen molar-refractivity contribution in [3.63, 3.8) is 0 Å². The van der Waals surface area contributed by atoms with Crippen LogP contribution in [0.2, 0.25) is 0 Å². The van der Waals surface area contributed by atoms with Crippen molar-refractivity contribution < 1.29 is 13.2 Å². The zero-order valence-corrected chi connectivity index (χ0v) is 9.90. The fourth-order valence-electron chi connectivity index (χ4n) is 0.954. The van der Waals surface area contributed by atoms with Gasteiger partial charge in [-0.25, -0.2) is 9.97 Å². The van der Waals surface area contributed by atoms with Gasteiger partial charge in [0.1, 0.15) is 5.69 Å². The Morgan fingerprint density at radius 1 is 1.38 bits per heavy atom. The van der Waals surface area contributed by atoms with Gasteiger partial charge in [0.25, 0.3) is 0 Å². The fourth-order valence-corrected chi connectivity index (χ4v) is 2.02. The van der Waals surface area contributed by atoms with Gasteiger partial charge in [-0.05, 0) is 18.4 Å². The molecule has 0 atom stereocenters. The first-order valence-corrected chi connectivity index (χ1v) is 5.91.